The fourth-order valence-corrected chi connectivity index (χ4v) is 12.0. The van der Waals surface area contributed by atoms with Crippen LogP contribution >= 0.6 is 0 Å². The average Bonchev–Trinajstić information content (AvgIpc) is 0.794. The number of fused-ring (bicyclic) bond motifs is 2. The molecule has 9 nitrogen and oxygen atoms in total. The number of hydrogen-bond donors (Lipinski definition) is 0. The summed E-state index contributed by atoms with van der Waals surface area (Å²) in [6, 6.07) is 93.6. The molecule has 107 heavy (non-hydrogen) atoms. The third kappa shape index (κ3) is 45.2. The lowest BCUT2D eigenvalue weighted by Crippen LogP contribution is -2.06. The molecule has 0 aromatic heterocycles. The van der Waals surface area contributed by atoms with Crippen LogP contribution in [0.4, 0.5) is 0 Å². The van der Waals surface area contributed by atoms with Gasteiger partial charge in [-0.1, -0.05) is 412 Å². The van der Waals surface area contributed by atoms with Crippen molar-refractivity contribution in [2.75, 3.05) is 17.3 Å². The van der Waals surface area contributed by atoms with E-state index in [2.05, 4.69) is 0 Å². The maximum atomic E-state index is 11.8. The Bertz CT molecular complexity index is 3910. The lowest BCUT2D eigenvalue weighted by molar-refractivity contribution is -0.118. The van der Waals surface area contributed by atoms with Crippen LogP contribution in [0.15, 0.2) is 312 Å². The van der Waals surface area contributed by atoms with Gasteiger partial charge in [0, 0.05) is 43.9 Å². The van der Waals surface area contributed by atoms with Crippen LogP contribution in [0.1, 0.15) is 179 Å². The van der Waals surface area contributed by atoms with E-state index in [4.69, 9.17) is 0 Å². The van der Waals surface area contributed by atoms with Crippen molar-refractivity contribution in [3.05, 3.63) is 331 Å². The third-order valence-corrected chi connectivity index (χ3v) is 19.1. The van der Waals surface area contributed by atoms with Crippen molar-refractivity contribution in [1.29, 1.82) is 0 Å². The molecule has 0 aliphatic rings. The number of ketones is 3. The highest BCUT2D eigenvalue weighted by molar-refractivity contribution is 7.92. The number of Topliss-reactive ketones (excluding diaryl/α,β-unsaturated/α-hetero) is 3. The summed E-state index contributed by atoms with van der Waals surface area (Å²) in [6.45, 7) is 41.0. The van der Waals surface area contributed by atoms with Gasteiger partial charge >= 0.3 is 0 Å². The van der Waals surface area contributed by atoms with E-state index in [0.717, 1.165) is 54.9 Å². The van der Waals surface area contributed by atoms with Crippen molar-refractivity contribution in [3.8, 4) is 0 Å². The molecule has 0 bridgehead atoms. The molecular formula is C95H130O9S3. The van der Waals surface area contributed by atoms with Gasteiger partial charge in [-0.15, -0.1) is 0 Å². The highest BCUT2D eigenvalue weighted by atomic mass is 32.2. The molecule has 0 unspecified atom stereocenters. The molecule has 0 N–H and O–H groups in total. The van der Waals surface area contributed by atoms with Gasteiger partial charge < -0.3 is 0 Å². The molecule has 0 aliphatic carbocycles. The smallest absolute Gasteiger partial charge is 0.178 e. The van der Waals surface area contributed by atoms with Gasteiger partial charge in [-0.05, 0) is 79.9 Å². The number of rotatable bonds is 18. The summed E-state index contributed by atoms with van der Waals surface area (Å²) in [5, 5.41) is 3.80. The molecule has 0 spiro atoms. The van der Waals surface area contributed by atoms with E-state index in [0.29, 0.717) is 53.2 Å². The summed E-state index contributed by atoms with van der Waals surface area (Å²) in [6.07, 6.45) is 3.14. The quantitative estimate of drug-likeness (QED) is 0.0817. The van der Waals surface area contributed by atoms with Crippen molar-refractivity contribution in [2.45, 2.75) is 199 Å². The van der Waals surface area contributed by atoms with Crippen LogP contribution in [-0.4, -0.2) is 59.9 Å². The van der Waals surface area contributed by atoms with Gasteiger partial charge in [0.1, 0.15) is 17.3 Å². The molecular weight excluding hydrogens is 1380 g/mol. The molecule has 0 radical (unpaired) electrons. The molecule has 0 fully saturated rings. The first kappa shape index (κ1) is 104. The standard InChI is InChI=1S/3C15H14O.2C12H12O2S.C8H10O2S.9C2H6/c3*16-15(11-13-7-3-1-4-8-13)12-14-9-5-2-6-10-14;1-2-15(13,14)12-9-5-7-10-6-3-4-8-11(10)12;1-2-15(13,14)12-8-7-10-5-3-4-6-11(10)9-12;1-2-11(9,10)8-6-4-3-5-7-8;9*1-2/h3*1-10H,11-12H2;2*3-9H,2H2,1H3;3-7H,2H2,1H3;9*1-2H3. The number of carbonyl (C=O) groups excluding carboxylic acids is 3. The van der Waals surface area contributed by atoms with Crippen LogP contribution in [0.25, 0.3) is 21.5 Å². The van der Waals surface area contributed by atoms with E-state index < -0.39 is 29.5 Å². The van der Waals surface area contributed by atoms with Gasteiger partial charge in [0.2, 0.25) is 0 Å². The fraction of sp³-hybridized carbons (Fsp3) is 0.316. The summed E-state index contributed by atoms with van der Waals surface area (Å²) >= 11 is 0. The van der Waals surface area contributed by atoms with Gasteiger partial charge in [0.25, 0.3) is 0 Å². The van der Waals surface area contributed by atoms with Crippen molar-refractivity contribution in [1.82, 2.24) is 0 Å². The lowest BCUT2D eigenvalue weighted by Gasteiger charge is -2.05. The van der Waals surface area contributed by atoms with E-state index in [1.54, 1.807) is 75.4 Å². The van der Waals surface area contributed by atoms with Gasteiger partial charge in [0.05, 0.1) is 31.9 Å². The largest absolute Gasteiger partial charge is 0.299 e. The molecule has 0 amide bonds. The molecule has 11 aromatic carbocycles. The second-order valence-electron chi connectivity index (χ2n) is 20.6. The van der Waals surface area contributed by atoms with E-state index >= 15 is 0 Å². The zero-order valence-electron chi connectivity index (χ0n) is 68.6. The maximum Gasteiger partial charge on any atom is 0.178 e. The summed E-state index contributed by atoms with van der Waals surface area (Å²) < 4.78 is 69.3. The molecule has 0 aliphatic heterocycles. The van der Waals surface area contributed by atoms with Crippen LogP contribution in [0.2, 0.25) is 0 Å². The maximum absolute atomic E-state index is 11.8. The SMILES string of the molecule is CC.CC.CC.CC.CC.CC.CC.CC.CC.CCS(=O)(=O)c1ccc2ccccc2c1.CCS(=O)(=O)c1cccc2ccccc12.CCS(=O)(=O)c1ccccc1.O=C(Cc1ccccc1)Cc1ccccc1.O=C(Cc1ccccc1)Cc1ccccc1.O=C(Cc1ccccc1)Cc1ccccc1. The van der Waals surface area contributed by atoms with Crippen molar-refractivity contribution in [2.24, 2.45) is 0 Å². The number of benzene rings is 11. The minimum absolute atomic E-state index is 0.140. The highest BCUT2D eigenvalue weighted by Crippen LogP contribution is 2.24. The first-order chi connectivity index (χ1) is 52.0. The lowest BCUT2D eigenvalue weighted by atomic mass is 10.0. The molecule has 12 heteroatoms. The van der Waals surface area contributed by atoms with Crippen LogP contribution in [0.5, 0.6) is 0 Å². The molecule has 11 aromatic rings. The topological polar surface area (TPSA) is 154 Å². The fourth-order valence-electron chi connectivity index (χ4n) is 9.07. The van der Waals surface area contributed by atoms with E-state index in [1.807, 2.05) is 367 Å². The Morgan fingerprint density at radius 1 is 0.215 bits per heavy atom. The van der Waals surface area contributed by atoms with Crippen LogP contribution < -0.4 is 0 Å². The normalized spacial score (nSPS) is 9.47. The Labute approximate surface area is 650 Å². The minimum atomic E-state index is -3.12. The Kier molecular flexibility index (Phi) is 65.6. The first-order valence-corrected chi connectivity index (χ1v) is 43.4. The van der Waals surface area contributed by atoms with Crippen molar-refractivity contribution < 1.29 is 39.6 Å². The van der Waals surface area contributed by atoms with Gasteiger partial charge in [-0.2, -0.15) is 0 Å². The zero-order chi connectivity index (χ0) is 81.7. The first-order valence-electron chi connectivity index (χ1n) is 38.5. The van der Waals surface area contributed by atoms with Gasteiger partial charge in [-0.3, -0.25) is 14.4 Å². The molecule has 0 heterocycles. The minimum Gasteiger partial charge on any atom is -0.299 e. The summed E-state index contributed by atoms with van der Waals surface area (Å²) in [5.74, 6) is 1.23. The molecule has 0 saturated carbocycles. The van der Waals surface area contributed by atoms with E-state index in [1.165, 1.54) is 0 Å². The van der Waals surface area contributed by atoms with Crippen LogP contribution in [0.3, 0.4) is 0 Å². The monoisotopic (exact) mass is 1510 g/mol. The molecule has 11 rings (SSSR count). The Hall–Kier alpha value is -9.20. The second kappa shape index (κ2) is 67.4. The van der Waals surface area contributed by atoms with E-state index in [-0.39, 0.29) is 34.6 Å². The number of hydrogen-bond acceptors (Lipinski definition) is 9. The van der Waals surface area contributed by atoms with Gasteiger partial charge in [0.15, 0.2) is 29.5 Å². The summed E-state index contributed by atoms with van der Waals surface area (Å²) in [5.41, 5.74) is 6.52. The van der Waals surface area contributed by atoms with Crippen LogP contribution in [0, 0.1) is 0 Å². The highest BCUT2D eigenvalue weighted by Gasteiger charge is 2.15. The second-order valence-corrected chi connectivity index (χ2v) is 27.4. The van der Waals surface area contributed by atoms with Crippen molar-refractivity contribution >= 4 is 68.4 Å². The van der Waals surface area contributed by atoms with Crippen molar-refractivity contribution in [3.63, 3.8) is 0 Å². The third-order valence-electron chi connectivity index (χ3n) is 13.9. The predicted octanol–water partition coefficient (Wildman–Crippen LogP) is 25.1. The number of sulfone groups is 3. The Balaban J connectivity index is -0.000000571. The zero-order valence-corrected chi connectivity index (χ0v) is 71.0. The predicted molar refractivity (Wildman–Crippen MR) is 466 cm³/mol. The summed E-state index contributed by atoms with van der Waals surface area (Å²) in [4.78, 5) is 36.6. The molecule has 0 atom stereocenters. The molecule has 582 valence electrons. The average molecular weight is 1510 g/mol. The Morgan fingerprint density at radius 2 is 0.439 bits per heavy atom. The van der Waals surface area contributed by atoms with Gasteiger partial charge in [-0.25, -0.2) is 25.3 Å². The van der Waals surface area contributed by atoms with E-state index in [9.17, 15) is 39.6 Å². The van der Waals surface area contributed by atoms with Crippen LogP contribution in [-0.2, 0) is 82.4 Å². The molecule has 0 saturated heterocycles. The number of carbonyl (C=O) groups is 3. The summed E-state index contributed by atoms with van der Waals surface area (Å²) in [7, 11) is -9.21. The Morgan fingerprint density at radius 3 is 0.720 bits per heavy atom.